The fourth-order valence-electron chi connectivity index (χ4n) is 3.12. The van der Waals surface area contributed by atoms with Crippen molar-refractivity contribution < 1.29 is 28.6 Å². The van der Waals surface area contributed by atoms with Gasteiger partial charge in [-0.1, -0.05) is 12.1 Å². The van der Waals surface area contributed by atoms with Gasteiger partial charge < -0.3 is 21.1 Å². The standard InChI is InChI=1S/C20H18N4O6S2/c25-17(26)10-23-20-22-9-12(31-20)8-21-18(27)11-5-6-16-14(7-11)24-19(28)13-3-1-2-4-15(13)32(16,29)30/h1-7,9,29-30H,8,10H2,(H,21,27)(H,22,23)(H,24,28)(H,25,26). The van der Waals surface area contributed by atoms with Crippen molar-refractivity contribution in [2.45, 2.75) is 16.3 Å². The van der Waals surface area contributed by atoms with Crippen LogP contribution in [0.5, 0.6) is 0 Å². The Morgan fingerprint density at radius 3 is 2.69 bits per heavy atom. The van der Waals surface area contributed by atoms with Gasteiger partial charge in [0.05, 0.1) is 27.6 Å². The number of nitrogens with one attached hydrogen (secondary N) is 3. The van der Waals surface area contributed by atoms with E-state index in [-0.39, 0.29) is 39.7 Å². The lowest BCUT2D eigenvalue weighted by Gasteiger charge is -2.33. The van der Waals surface area contributed by atoms with Crippen LogP contribution in [0, 0.1) is 0 Å². The van der Waals surface area contributed by atoms with Gasteiger partial charge in [0.15, 0.2) is 5.13 Å². The second-order valence-electron chi connectivity index (χ2n) is 6.77. The fourth-order valence-corrected chi connectivity index (χ4v) is 5.51. The summed E-state index contributed by atoms with van der Waals surface area (Å²) in [4.78, 5) is 40.8. The zero-order valence-corrected chi connectivity index (χ0v) is 18.0. The topological polar surface area (TPSA) is 161 Å². The van der Waals surface area contributed by atoms with Crippen LogP contribution >= 0.6 is 21.9 Å². The lowest BCUT2D eigenvalue weighted by Crippen LogP contribution is -2.22. The van der Waals surface area contributed by atoms with Gasteiger partial charge in [0, 0.05) is 16.6 Å². The molecule has 0 saturated carbocycles. The number of hydrogen-bond donors (Lipinski definition) is 6. The van der Waals surface area contributed by atoms with E-state index >= 15 is 0 Å². The zero-order chi connectivity index (χ0) is 22.9. The monoisotopic (exact) mass is 474 g/mol. The van der Waals surface area contributed by atoms with Gasteiger partial charge in [-0.3, -0.25) is 23.5 Å². The summed E-state index contributed by atoms with van der Waals surface area (Å²) in [5, 5.41) is 17.1. The van der Waals surface area contributed by atoms with E-state index in [4.69, 9.17) is 5.11 Å². The molecule has 2 aromatic carbocycles. The third kappa shape index (κ3) is 4.29. The molecule has 4 rings (SSSR count). The lowest BCUT2D eigenvalue weighted by atomic mass is 10.1. The Labute approximate surface area is 187 Å². The van der Waals surface area contributed by atoms with Gasteiger partial charge in [-0.05, 0) is 30.3 Å². The normalized spacial score (nSPS) is 14.9. The fraction of sp³-hybridized carbons (Fsp3) is 0.100. The number of rotatable bonds is 6. The summed E-state index contributed by atoms with van der Waals surface area (Å²) in [5.74, 6) is -1.94. The SMILES string of the molecule is O=C(O)CNc1ncc(CNC(=O)c2ccc3c(c2)NC(=O)c2ccccc2S3(O)O)s1. The number of benzene rings is 2. The van der Waals surface area contributed by atoms with E-state index in [1.807, 2.05) is 0 Å². The maximum Gasteiger partial charge on any atom is 0.322 e. The van der Waals surface area contributed by atoms with Crippen LogP contribution in [0.15, 0.2) is 58.5 Å². The molecule has 3 aromatic rings. The van der Waals surface area contributed by atoms with E-state index in [0.29, 0.717) is 10.0 Å². The van der Waals surface area contributed by atoms with E-state index in [2.05, 4.69) is 20.9 Å². The van der Waals surface area contributed by atoms with Crippen molar-refractivity contribution in [2.75, 3.05) is 17.2 Å². The predicted octanol–water partition coefficient (Wildman–Crippen LogP) is 3.30. The van der Waals surface area contributed by atoms with Gasteiger partial charge in [0.1, 0.15) is 6.54 Å². The van der Waals surface area contributed by atoms with Crippen molar-refractivity contribution >= 4 is 50.5 Å². The Hall–Kier alpha value is -3.45. The van der Waals surface area contributed by atoms with Crippen molar-refractivity contribution in [1.82, 2.24) is 10.3 Å². The highest BCUT2D eigenvalue weighted by Gasteiger charge is 2.31. The van der Waals surface area contributed by atoms with Gasteiger partial charge in [0.25, 0.3) is 11.8 Å². The van der Waals surface area contributed by atoms with E-state index in [1.54, 1.807) is 12.1 Å². The molecule has 0 unspecified atom stereocenters. The largest absolute Gasteiger partial charge is 0.480 e. The maximum atomic E-state index is 12.6. The Bertz CT molecular complexity index is 1230. The molecule has 10 nitrogen and oxygen atoms in total. The number of aliphatic carboxylic acids is 1. The molecule has 1 aromatic heterocycles. The molecule has 1 aliphatic heterocycles. The van der Waals surface area contributed by atoms with Crippen LogP contribution in [0.1, 0.15) is 25.6 Å². The second kappa shape index (κ2) is 8.59. The van der Waals surface area contributed by atoms with E-state index in [9.17, 15) is 23.5 Å². The molecular formula is C20H18N4O6S2. The molecule has 1 aliphatic rings. The molecule has 0 saturated heterocycles. The molecule has 2 amide bonds. The highest BCUT2D eigenvalue weighted by molar-refractivity contribution is 8.24. The van der Waals surface area contributed by atoms with Crippen LogP contribution in [0.25, 0.3) is 0 Å². The number of nitrogens with zero attached hydrogens (tertiary/aromatic N) is 1. The van der Waals surface area contributed by atoms with Crippen LogP contribution < -0.4 is 16.0 Å². The molecule has 0 radical (unpaired) electrons. The van der Waals surface area contributed by atoms with Crippen molar-refractivity contribution in [2.24, 2.45) is 0 Å². The zero-order valence-electron chi connectivity index (χ0n) is 16.4. The van der Waals surface area contributed by atoms with Crippen molar-refractivity contribution in [3.8, 4) is 0 Å². The first kappa shape index (κ1) is 21.8. The number of hydrogen-bond acceptors (Lipinski definition) is 8. The first-order chi connectivity index (χ1) is 15.3. The average Bonchev–Trinajstić information content (AvgIpc) is 3.20. The number of carbonyl (C=O) groups excluding carboxylic acids is 2. The van der Waals surface area contributed by atoms with Crippen LogP contribution in [-0.2, 0) is 11.3 Å². The number of amides is 2. The molecule has 2 heterocycles. The van der Waals surface area contributed by atoms with Crippen LogP contribution in [0.3, 0.4) is 0 Å². The molecule has 6 N–H and O–H groups in total. The molecule has 166 valence electrons. The van der Waals surface area contributed by atoms with E-state index in [0.717, 1.165) is 0 Å². The Morgan fingerprint density at radius 2 is 1.91 bits per heavy atom. The lowest BCUT2D eigenvalue weighted by molar-refractivity contribution is -0.134. The molecule has 32 heavy (non-hydrogen) atoms. The molecule has 12 heteroatoms. The number of carboxylic acid groups (broad SMARTS) is 1. The summed E-state index contributed by atoms with van der Waals surface area (Å²) in [6.45, 7) is -0.0987. The third-order valence-corrected chi connectivity index (χ3v) is 7.50. The first-order valence-corrected chi connectivity index (χ1v) is 11.6. The highest BCUT2D eigenvalue weighted by atomic mass is 32.3. The molecular weight excluding hydrogens is 456 g/mol. The summed E-state index contributed by atoms with van der Waals surface area (Å²) in [6.07, 6.45) is 1.53. The summed E-state index contributed by atoms with van der Waals surface area (Å²) in [7, 11) is -3.45. The van der Waals surface area contributed by atoms with Gasteiger partial charge >= 0.3 is 5.97 Å². The van der Waals surface area contributed by atoms with Crippen LogP contribution in [-0.4, -0.2) is 43.5 Å². The number of fused-ring (bicyclic) bond motifs is 2. The quantitative estimate of drug-likeness (QED) is 0.317. The maximum absolute atomic E-state index is 12.6. The Balaban J connectivity index is 1.51. The molecule has 0 bridgehead atoms. The van der Waals surface area contributed by atoms with Crippen LogP contribution in [0.4, 0.5) is 10.8 Å². The Morgan fingerprint density at radius 1 is 1.12 bits per heavy atom. The van der Waals surface area contributed by atoms with Crippen molar-refractivity contribution in [3.63, 3.8) is 0 Å². The smallest absolute Gasteiger partial charge is 0.322 e. The summed E-state index contributed by atoms with van der Waals surface area (Å²) in [6, 6.07) is 10.5. The number of carboxylic acids is 1. The first-order valence-electron chi connectivity index (χ1n) is 9.27. The average molecular weight is 475 g/mol. The number of carbonyl (C=O) groups is 3. The van der Waals surface area contributed by atoms with Gasteiger partial charge in [-0.2, -0.15) is 0 Å². The molecule has 0 aliphatic carbocycles. The predicted molar refractivity (Wildman–Crippen MR) is 120 cm³/mol. The third-order valence-electron chi connectivity index (χ3n) is 4.60. The van der Waals surface area contributed by atoms with Crippen molar-refractivity contribution in [3.05, 3.63) is 64.7 Å². The second-order valence-corrected chi connectivity index (χ2v) is 9.86. The number of thiazole rings is 1. The van der Waals surface area contributed by atoms with Crippen LogP contribution in [0.2, 0.25) is 0 Å². The number of aromatic nitrogens is 1. The minimum absolute atomic E-state index is 0.129. The minimum atomic E-state index is -3.45. The molecule has 0 atom stereocenters. The highest BCUT2D eigenvalue weighted by Crippen LogP contribution is 2.60. The number of anilines is 2. The van der Waals surface area contributed by atoms with E-state index < -0.39 is 28.4 Å². The summed E-state index contributed by atoms with van der Waals surface area (Å²) in [5.41, 5.74) is 0.531. The van der Waals surface area contributed by atoms with Crippen molar-refractivity contribution in [1.29, 1.82) is 0 Å². The summed E-state index contributed by atoms with van der Waals surface area (Å²) < 4.78 is 21.7. The van der Waals surface area contributed by atoms with Gasteiger partial charge in [0.2, 0.25) is 0 Å². The van der Waals surface area contributed by atoms with Gasteiger partial charge in [-0.15, -0.1) is 21.9 Å². The summed E-state index contributed by atoms with van der Waals surface area (Å²) >= 11 is 1.21. The Kier molecular flexibility index (Phi) is 5.84. The minimum Gasteiger partial charge on any atom is -0.480 e. The molecule has 0 fully saturated rings. The molecule has 0 spiro atoms. The van der Waals surface area contributed by atoms with E-state index in [1.165, 1.54) is 47.9 Å². The van der Waals surface area contributed by atoms with Gasteiger partial charge in [-0.25, -0.2) is 4.98 Å².